The van der Waals surface area contributed by atoms with Crippen LogP contribution >= 0.6 is 23.2 Å². The van der Waals surface area contributed by atoms with E-state index in [2.05, 4.69) is 42.4 Å². The average Bonchev–Trinajstić information content (AvgIpc) is 2.76. The van der Waals surface area contributed by atoms with Gasteiger partial charge in [0.2, 0.25) is 0 Å². The van der Waals surface area contributed by atoms with Crippen LogP contribution in [0.3, 0.4) is 0 Å². The Morgan fingerprint density at radius 1 is 1.12 bits per heavy atom. The first kappa shape index (κ1) is 25.7. The van der Waals surface area contributed by atoms with Gasteiger partial charge in [0, 0.05) is 24.3 Å². The SMILES string of the molecule is COc1cccc(NC(=O)NC(CN2CCC(Cc3ccc(Cl)c(Cl)c3)CC2)C(C)(C)C)c1. The molecule has 0 radical (unpaired) electrons. The lowest BCUT2D eigenvalue weighted by Gasteiger charge is -2.39. The number of halogens is 2. The fraction of sp³-hybridized carbons (Fsp3) is 0.500. The largest absolute Gasteiger partial charge is 0.497 e. The monoisotopic (exact) mass is 491 g/mol. The minimum Gasteiger partial charge on any atom is -0.497 e. The van der Waals surface area contributed by atoms with Gasteiger partial charge in [-0.2, -0.15) is 0 Å². The van der Waals surface area contributed by atoms with Gasteiger partial charge in [0.25, 0.3) is 0 Å². The number of ether oxygens (including phenoxy) is 1. The molecule has 2 aromatic rings. The van der Waals surface area contributed by atoms with Crippen LogP contribution in [0.25, 0.3) is 0 Å². The van der Waals surface area contributed by atoms with Gasteiger partial charge in [-0.3, -0.25) is 0 Å². The van der Waals surface area contributed by atoms with Crippen LogP contribution < -0.4 is 15.4 Å². The predicted octanol–water partition coefficient (Wildman–Crippen LogP) is 6.49. The molecule has 1 heterocycles. The number of anilines is 1. The first-order valence-corrected chi connectivity index (χ1v) is 12.3. The van der Waals surface area contributed by atoms with Crippen molar-refractivity contribution in [1.29, 1.82) is 0 Å². The van der Waals surface area contributed by atoms with E-state index in [1.165, 1.54) is 5.56 Å². The van der Waals surface area contributed by atoms with Crippen LogP contribution in [0.1, 0.15) is 39.2 Å². The lowest BCUT2D eigenvalue weighted by molar-refractivity contribution is 0.135. The number of methoxy groups -OCH3 is 1. The Balaban J connectivity index is 1.52. The van der Waals surface area contributed by atoms with Crippen LogP contribution in [0.2, 0.25) is 10.0 Å². The molecule has 0 aliphatic carbocycles. The number of carbonyl (C=O) groups excluding carboxylic acids is 1. The Morgan fingerprint density at radius 2 is 1.85 bits per heavy atom. The summed E-state index contributed by atoms with van der Waals surface area (Å²) in [5.74, 6) is 1.35. The number of rotatable bonds is 7. The molecule has 33 heavy (non-hydrogen) atoms. The molecule has 1 atom stereocenters. The fourth-order valence-corrected chi connectivity index (χ4v) is 4.51. The van der Waals surface area contributed by atoms with Crippen molar-refractivity contribution in [3.8, 4) is 5.75 Å². The third kappa shape index (κ3) is 7.80. The summed E-state index contributed by atoms with van der Waals surface area (Å²) in [6.45, 7) is 9.38. The molecule has 3 rings (SSSR count). The van der Waals surface area contributed by atoms with Crippen molar-refractivity contribution in [1.82, 2.24) is 10.2 Å². The van der Waals surface area contributed by atoms with E-state index < -0.39 is 0 Å². The number of likely N-dealkylation sites (tertiary alicyclic amines) is 1. The van der Waals surface area contributed by atoms with E-state index in [1.807, 2.05) is 36.4 Å². The van der Waals surface area contributed by atoms with Crippen LogP contribution in [0.15, 0.2) is 42.5 Å². The number of piperidine rings is 1. The van der Waals surface area contributed by atoms with Gasteiger partial charge in [-0.25, -0.2) is 4.79 Å². The Bertz CT molecular complexity index is 937. The van der Waals surface area contributed by atoms with E-state index in [0.29, 0.717) is 27.4 Å². The van der Waals surface area contributed by atoms with Crippen molar-refractivity contribution in [2.75, 3.05) is 32.1 Å². The first-order chi connectivity index (χ1) is 15.6. The zero-order valence-electron chi connectivity index (χ0n) is 20.0. The van der Waals surface area contributed by atoms with E-state index in [0.717, 1.165) is 38.9 Å². The molecule has 1 fully saturated rings. The molecule has 2 N–H and O–H groups in total. The molecule has 1 unspecified atom stereocenters. The van der Waals surface area contributed by atoms with Gasteiger partial charge in [0.05, 0.1) is 17.2 Å². The number of amides is 2. The number of urea groups is 1. The smallest absolute Gasteiger partial charge is 0.319 e. The molecular weight excluding hydrogens is 457 g/mol. The summed E-state index contributed by atoms with van der Waals surface area (Å²) in [7, 11) is 1.61. The zero-order valence-corrected chi connectivity index (χ0v) is 21.5. The van der Waals surface area contributed by atoms with E-state index >= 15 is 0 Å². The van der Waals surface area contributed by atoms with Gasteiger partial charge in [-0.15, -0.1) is 0 Å². The quantitative estimate of drug-likeness (QED) is 0.464. The maximum atomic E-state index is 12.7. The molecule has 1 aliphatic heterocycles. The molecule has 180 valence electrons. The van der Waals surface area contributed by atoms with Gasteiger partial charge < -0.3 is 20.3 Å². The summed E-state index contributed by atoms with van der Waals surface area (Å²) in [4.78, 5) is 15.2. The second-order valence-corrected chi connectivity index (χ2v) is 10.8. The van der Waals surface area contributed by atoms with E-state index in [4.69, 9.17) is 27.9 Å². The Kier molecular flexibility index (Phi) is 8.91. The fourth-order valence-electron chi connectivity index (χ4n) is 4.19. The number of nitrogens with one attached hydrogen (secondary N) is 2. The lowest BCUT2D eigenvalue weighted by atomic mass is 9.85. The van der Waals surface area contributed by atoms with Crippen LogP contribution in [0.4, 0.5) is 10.5 Å². The zero-order chi connectivity index (χ0) is 24.0. The third-order valence-corrected chi connectivity index (χ3v) is 7.07. The van der Waals surface area contributed by atoms with Gasteiger partial charge >= 0.3 is 6.03 Å². The van der Waals surface area contributed by atoms with Gasteiger partial charge in [0.15, 0.2) is 0 Å². The summed E-state index contributed by atoms with van der Waals surface area (Å²) >= 11 is 12.2. The lowest BCUT2D eigenvalue weighted by Crippen LogP contribution is -2.53. The number of carbonyl (C=O) groups is 1. The second kappa shape index (κ2) is 11.5. The summed E-state index contributed by atoms with van der Waals surface area (Å²) in [5.41, 5.74) is 1.89. The maximum absolute atomic E-state index is 12.7. The summed E-state index contributed by atoms with van der Waals surface area (Å²) in [5, 5.41) is 7.35. The number of nitrogens with zero attached hydrogens (tertiary/aromatic N) is 1. The molecule has 2 aromatic carbocycles. The topological polar surface area (TPSA) is 53.6 Å². The van der Waals surface area contributed by atoms with E-state index in [9.17, 15) is 4.79 Å². The molecule has 0 saturated carbocycles. The Morgan fingerprint density at radius 3 is 2.48 bits per heavy atom. The summed E-state index contributed by atoms with van der Waals surface area (Å²) in [6, 6.07) is 13.1. The summed E-state index contributed by atoms with van der Waals surface area (Å²) in [6.07, 6.45) is 3.29. The summed E-state index contributed by atoms with van der Waals surface area (Å²) < 4.78 is 5.24. The first-order valence-electron chi connectivity index (χ1n) is 11.5. The van der Waals surface area contributed by atoms with Crippen molar-refractivity contribution in [3.05, 3.63) is 58.1 Å². The number of benzene rings is 2. The second-order valence-electron chi connectivity index (χ2n) is 9.95. The van der Waals surface area contributed by atoms with Crippen molar-refractivity contribution in [2.45, 2.75) is 46.1 Å². The van der Waals surface area contributed by atoms with Crippen molar-refractivity contribution >= 4 is 34.9 Å². The van der Waals surface area contributed by atoms with Gasteiger partial charge in [0.1, 0.15) is 5.75 Å². The molecule has 7 heteroatoms. The highest BCUT2D eigenvalue weighted by atomic mass is 35.5. The maximum Gasteiger partial charge on any atom is 0.319 e. The third-order valence-electron chi connectivity index (χ3n) is 6.33. The minimum atomic E-state index is -0.197. The molecular formula is C26H35Cl2N3O2. The van der Waals surface area contributed by atoms with E-state index in [1.54, 1.807) is 7.11 Å². The number of hydrogen-bond acceptors (Lipinski definition) is 3. The molecule has 2 amide bonds. The molecule has 0 spiro atoms. The van der Waals surface area contributed by atoms with Gasteiger partial charge in [-0.1, -0.05) is 56.1 Å². The van der Waals surface area contributed by atoms with E-state index in [-0.39, 0.29) is 17.5 Å². The highest BCUT2D eigenvalue weighted by molar-refractivity contribution is 6.42. The average molecular weight is 492 g/mol. The van der Waals surface area contributed by atoms with Crippen molar-refractivity contribution < 1.29 is 9.53 Å². The van der Waals surface area contributed by atoms with Crippen LogP contribution in [-0.2, 0) is 6.42 Å². The highest BCUT2D eigenvalue weighted by Crippen LogP contribution is 2.28. The standard InChI is InChI=1S/C26H35Cl2N3O2/c1-26(2,3)24(30-25(32)29-20-6-5-7-21(16-20)33-4)17-31-12-10-18(11-13-31)14-19-8-9-22(27)23(28)15-19/h5-9,15-16,18,24H,10-14,17H2,1-4H3,(H2,29,30,32). The van der Waals surface area contributed by atoms with Crippen LogP contribution in [0.5, 0.6) is 5.75 Å². The van der Waals surface area contributed by atoms with Gasteiger partial charge in [-0.05, 0) is 73.5 Å². The molecule has 1 aliphatic rings. The molecule has 0 aromatic heterocycles. The normalized spacial score (nSPS) is 16.3. The molecule has 5 nitrogen and oxygen atoms in total. The Labute approximate surface area is 207 Å². The minimum absolute atomic E-state index is 0.0229. The number of hydrogen-bond donors (Lipinski definition) is 2. The van der Waals surface area contributed by atoms with Crippen LogP contribution in [0, 0.1) is 11.3 Å². The van der Waals surface area contributed by atoms with Crippen molar-refractivity contribution in [3.63, 3.8) is 0 Å². The van der Waals surface area contributed by atoms with Crippen molar-refractivity contribution in [2.24, 2.45) is 11.3 Å². The molecule has 0 bridgehead atoms. The predicted molar refractivity (Wildman–Crippen MR) is 138 cm³/mol. The molecule has 1 saturated heterocycles. The van der Waals surface area contributed by atoms with Crippen LogP contribution in [-0.4, -0.2) is 43.7 Å². The Hall–Kier alpha value is -1.95. The highest BCUT2D eigenvalue weighted by Gasteiger charge is 2.30.